The standard InChI is InChI=1S/C19H10F6/c20-13-8-6-11(16(22)18(13)24)15(10-4-2-1-3-5-10)12-7-9-14(21)19(25)17(12)23/h1-9,15H. The van der Waals surface area contributed by atoms with Crippen molar-refractivity contribution >= 4 is 0 Å². The fraction of sp³-hybridized carbons (Fsp3) is 0.0526. The van der Waals surface area contributed by atoms with Gasteiger partial charge in [0.05, 0.1) is 0 Å². The van der Waals surface area contributed by atoms with Gasteiger partial charge in [-0.15, -0.1) is 0 Å². The van der Waals surface area contributed by atoms with Crippen LogP contribution in [0.3, 0.4) is 0 Å². The minimum absolute atomic E-state index is 0.303. The van der Waals surface area contributed by atoms with Crippen LogP contribution in [0.5, 0.6) is 0 Å². The quantitative estimate of drug-likeness (QED) is 0.322. The highest BCUT2D eigenvalue weighted by Gasteiger charge is 2.28. The van der Waals surface area contributed by atoms with Crippen LogP contribution in [0.1, 0.15) is 22.6 Å². The molecule has 0 aliphatic heterocycles. The van der Waals surface area contributed by atoms with E-state index >= 15 is 0 Å². The Balaban J connectivity index is 2.30. The maximum atomic E-state index is 14.3. The molecule has 0 heterocycles. The second-order valence-electron chi connectivity index (χ2n) is 5.37. The Morgan fingerprint density at radius 2 is 0.920 bits per heavy atom. The second kappa shape index (κ2) is 6.63. The van der Waals surface area contributed by atoms with Crippen molar-refractivity contribution in [1.82, 2.24) is 0 Å². The van der Waals surface area contributed by atoms with Gasteiger partial charge in [0.25, 0.3) is 0 Å². The molecule has 0 amide bonds. The summed E-state index contributed by atoms with van der Waals surface area (Å²) in [6, 6.07) is 11.1. The Morgan fingerprint density at radius 1 is 0.480 bits per heavy atom. The summed E-state index contributed by atoms with van der Waals surface area (Å²) in [6.07, 6.45) is 0. The molecule has 0 aliphatic carbocycles. The van der Waals surface area contributed by atoms with Gasteiger partial charge >= 0.3 is 0 Å². The minimum atomic E-state index is -1.72. The topological polar surface area (TPSA) is 0 Å². The van der Waals surface area contributed by atoms with Gasteiger partial charge in [0.2, 0.25) is 0 Å². The van der Waals surface area contributed by atoms with Crippen molar-refractivity contribution in [3.8, 4) is 0 Å². The summed E-state index contributed by atoms with van der Waals surface area (Å²) in [5, 5.41) is 0. The van der Waals surface area contributed by atoms with Crippen molar-refractivity contribution in [3.63, 3.8) is 0 Å². The first-order valence-corrected chi connectivity index (χ1v) is 7.23. The van der Waals surface area contributed by atoms with Crippen molar-refractivity contribution in [2.75, 3.05) is 0 Å². The van der Waals surface area contributed by atoms with E-state index in [-0.39, 0.29) is 0 Å². The molecule has 0 fully saturated rings. The SMILES string of the molecule is Fc1ccc(C(c2ccccc2)c2ccc(F)c(F)c2F)c(F)c1F. The average Bonchev–Trinajstić information content (AvgIpc) is 2.62. The van der Waals surface area contributed by atoms with Crippen LogP contribution in [0.15, 0.2) is 54.6 Å². The lowest BCUT2D eigenvalue weighted by molar-refractivity contribution is 0.432. The van der Waals surface area contributed by atoms with E-state index in [1.807, 2.05) is 0 Å². The maximum absolute atomic E-state index is 14.3. The summed E-state index contributed by atoms with van der Waals surface area (Å²) in [4.78, 5) is 0. The third-order valence-electron chi connectivity index (χ3n) is 3.89. The molecule has 25 heavy (non-hydrogen) atoms. The van der Waals surface area contributed by atoms with Crippen molar-refractivity contribution in [2.24, 2.45) is 0 Å². The molecule has 0 bridgehead atoms. The molecular weight excluding hydrogens is 342 g/mol. The first kappa shape index (κ1) is 17.1. The van der Waals surface area contributed by atoms with Crippen LogP contribution in [-0.2, 0) is 0 Å². The van der Waals surface area contributed by atoms with Gasteiger partial charge in [0.15, 0.2) is 34.9 Å². The van der Waals surface area contributed by atoms with Gasteiger partial charge < -0.3 is 0 Å². The van der Waals surface area contributed by atoms with Crippen molar-refractivity contribution in [1.29, 1.82) is 0 Å². The zero-order valence-electron chi connectivity index (χ0n) is 12.5. The normalized spacial score (nSPS) is 11.2. The number of benzene rings is 3. The molecule has 6 heteroatoms. The van der Waals surface area contributed by atoms with Gasteiger partial charge in [0, 0.05) is 17.0 Å². The Morgan fingerprint density at radius 3 is 1.36 bits per heavy atom. The highest BCUT2D eigenvalue weighted by Crippen LogP contribution is 2.36. The lowest BCUT2D eigenvalue weighted by Crippen LogP contribution is -2.11. The molecule has 0 N–H and O–H groups in total. The molecular formula is C19H10F6. The van der Waals surface area contributed by atoms with Gasteiger partial charge in [-0.3, -0.25) is 0 Å². The van der Waals surface area contributed by atoms with Gasteiger partial charge in [0.1, 0.15) is 0 Å². The van der Waals surface area contributed by atoms with E-state index in [2.05, 4.69) is 0 Å². The zero-order chi connectivity index (χ0) is 18.1. The van der Waals surface area contributed by atoms with E-state index in [4.69, 9.17) is 0 Å². The predicted octanol–water partition coefficient (Wildman–Crippen LogP) is 5.70. The molecule has 0 radical (unpaired) electrons. The molecule has 0 unspecified atom stereocenters. The fourth-order valence-corrected chi connectivity index (χ4v) is 2.70. The first-order valence-electron chi connectivity index (χ1n) is 7.23. The fourth-order valence-electron chi connectivity index (χ4n) is 2.70. The van der Waals surface area contributed by atoms with Gasteiger partial charge in [-0.05, 0) is 17.7 Å². The van der Waals surface area contributed by atoms with Gasteiger partial charge in [-0.1, -0.05) is 42.5 Å². The molecule has 0 saturated heterocycles. The molecule has 128 valence electrons. The highest BCUT2D eigenvalue weighted by atomic mass is 19.2. The Bertz CT molecular complexity index is 863. The molecule has 0 spiro atoms. The van der Waals surface area contributed by atoms with Crippen molar-refractivity contribution in [3.05, 3.63) is 106 Å². The van der Waals surface area contributed by atoms with Crippen LogP contribution in [0.25, 0.3) is 0 Å². The molecule has 0 aliphatic rings. The molecule has 3 rings (SSSR count). The van der Waals surface area contributed by atoms with E-state index in [1.54, 1.807) is 18.2 Å². The smallest absolute Gasteiger partial charge is 0.194 e. The monoisotopic (exact) mass is 352 g/mol. The summed E-state index contributed by atoms with van der Waals surface area (Å²) >= 11 is 0. The molecule has 0 nitrogen and oxygen atoms in total. The first-order chi connectivity index (χ1) is 11.9. The van der Waals surface area contributed by atoms with E-state index in [1.165, 1.54) is 12.1 Å². The van der Waals surface area contributed by atoms with E-state index < -0.39 is 51.9 Å². The predicted molar refractivity (Wildman–Crippen MR) is 80.0 cm³/mol. The molecule has 3 aromatic carbocycles. The van der Waals surface area contributed by atoms with Crippen LogP contribution < -0.4 is 0 Å². The van der Waals surface area contributed by atoms with Gasteiger partial charge in [-0.25, -0.2) is 26.3 Å². The molecule has 3 aromatic rings. The van der Waals surface area contributed by atoms with Crippen LogP contribution in [-0.4, -0.2) is 0 Å². The van der Waals surface area contributed by atoms with E-state index in [0.29, 0.717) is 17.7 Å². The minimum Gasteiger partial charge on any atom is -0.204 e. The summed E-state index contributed by atoms with van der Waals surface area (Å²) in [7, 11) is 0. The Labute approximate surface area is 139 Å². The van der Waals surface area contributed by atoms with E-state index in [9.17, 15) is 26.3 Å². The highest BCUT2D eigenvalue weighted by molar-refractivity contribution is 5.44. The summed E-state index contributed by atoms with van der Waals surface area (Å²) in [5.41, 5.74) is -0.484. The third kappa shape index (κ3) is 2.99. The van der Waals surface area contributed by atoms with Crippen LogP contribution in [0.4, 0.5) is 26.3 Å². The zero-order valence-corrected chi connectivity index (χ0v) is 12.5. The Kier molecular flexibility index (Phi) is 4.53. The number of hydrogen-bond acceptors (Lipinski definition) is 0. The van der Waals surface area contributed by atoms with Crippen LogP contribution in [0.2, 0.25) is 0 Å². The average molecular weight is 352 g/mol. The van der Waals surface area contributed by atoms with Crippen molar-refractivity contribution < 1.29 is 26.3 Å². The summed E-state index contributed by atoms with van der Waals surface area (Å²) in [5.74, 6) is -10.6. The lowest BCUT2D eigenvalue weighted by atomic mass is 9.84. The summed E-state index contributed by atoms with van der Waals surface area (Å²) in [6.45, 7) is 0. The number of hydrogen-bond donors (Lipinski definition) is 0. The molecule has 0 atom stereocenters. The lowest BCUT2D eigenvalue weighted by Gasteiger charge is -2.20. The van der Waals surface area contributed by atoms with E-state index in [0.717, 1.165) is 12.1 Å². The maximum Gasteiger partial charge on any atom is 0.194 e. The number of rotatable bonds is 3. The van der Waals surface area contributed by atoms with Crippen LogP contribution in [0, 0.1) is 34.9 Å². The van der Waals surface area contributed by atoms with Crippen molar-refractivity contribution in [2.45, 2.75) is 5.92 Å². The van der Waals surface area contributed by atoms with Gasteiger partial charge in [-0.2, -0.15) is 0 Å². The largest absolute Gasteiger partial charge is 0.204 e. The molecule has 0 saturated carbocycles. The number of halogens is 6. The summed E-state index contributed by atoms with van der Waals surface area (Å²) < 4.78 is 82.3. The molecule has 0 aromatic heterocycles. The third-order valence-corrected chi connectivity index (χ3v) is 3.89. The second-order valence-corrected chi connectivity index (χ2v) is 5.37. The van der Waals surface area contributed by atoms with Crippen LogP contribution >= 0.6 is 0 Å². The Hall–Kier alpha value is -2.76.